The summed E-state index contributed by atoms with van der Waals surface area (Å²) in [6.07, 6.45) is 0. The van der Waals surface area contributed by atoms with E-state index < -0.39 is 0 Å². The van der Waals surface area contributed by atoms with E-state index in [1.807, 2.05) is 0 Å². The van der Waals surface area contributed by atoms with Crippen LogP contribution in [0.3, 0.4) is 0 Å². The Labute approximate surface area is 44.6 Å². The Morgan fingerprint density at radius 2 is 1.62 bits per heavy atom. The second-order valence-corrected chi connectivity index (χ2v) is 0.513. The fourth-order valence-electron chi connectivity index (χ4n) is 0.0629. The molecule has 0 aromatic rings. The zero-order valence-electron chi connectivity index (χ0n) is 3.90. The van der Waals surface area contributed by atoms with Gasteiger partial charge < -0.3 is 0 Å². The first kappa shape index (κ1) is 7.78. The van der Waals surface area contributed by atoms with Gasteiger partial charge in [-0.2, -0.15) is 0 Å². The van der Waals surface area contributed by atoms with Crippen LogP contribution in [0, 0.1) is 0 Å². The maximum Gasteiger partial charge on any atom is 0.310 e. The average molecular weight is 126 g/mol. The molecule has 0 fully saturated rings. The van der Waals surface area contributed by atoms with Gasteiger partial charge in [-0.05, 0) is 20.2 Å². The number of rotatable bonds is 5. The summed E-state index contributed by atoms with van der Waals surface area (Å²) in [6.45, 7) is 0. The normalized spacial score (nSPS) is 9.62. The topological polar surface area (TPSA) is 75.6 Å². The standard InChI is InChI=1S/BH3O7/c1-3-5-7-8-6-4-2/h2H,1H2. The molecular formula is H3BO7. The molecule has 0 aliphatic carbocycles. The lowest BCUT2D eigenvalue weighted by molar-refractivity contribution is -0.779. The largest absolute Gasteiger partial charge is 0.310 e. The van der Waals surface area contributed by atoms with E-state index in [-0.39, 0.29) is 0 Å². The quantitative estimate of drug-likeness (QED) is 0.212. The van der Waals surface area contributed by atoms with Crippen molar-refractivity contribution in [3.63, 3.8) is 0 Å². The van der Waals surface area contributed by atoms with Gasteiger partial charge in [0.25, 0.3) is 0 Å². The van der Waals surface area contributed by atoms with Crippen molar-refractivity contribution in [2.45, 2.75) is 0 Å². The van der Waals surface area contributed by atoms with Crippen molar-refractivity contribution in [3.05, 3.63) is 0 Å². The molecule has 48 valence electrons. The molecule has 1 N–H and O–H groups in total. The van der Waals surface area contributed by atoms with E-state index in [1.165, 1.54) is 8.05 Å². The highest BCUT2D eigenvalue weighted by atomic mass is 17.9. The predicted molar refractivity (Wildman–Crippen MR) is 17.7 cm³/mol. The monoisotopic (exact) mass is 126 g/mol. The lowest BCUT2D eigenvalue weighted by Crippen LogP contribution is -1.96. The van der Waals surface area contributed by atoms with E-state index in [4.69, 9.17) is 5.26 Å². The molecule has 8 heteroatoms. The van der Waals surface area contributed by atoms with E-state index in [2.05, 4.69) is 30.0 Å². The summed E-state index contributed by atoms with van der Waals surface area (Å²) in [5.41, 5.74) is 0. The van der Waals surface area contributed by atoms with Gasteiger partial charge in [0.15, 0.2) is 0 Å². The van der Waals surface area contributed by atoms with Crippen LogP contribution in [-0.2, 0) is 30.0 Å². The van der Waals surface area contributed by atoms with Crippen molar-refractivity contribution in [2.75, 3.05) is 0 Å². The molecule has 0 aromatic heterocycles. The Balaban J connectivity index is 2.53. The Morgan fingerprint density at radius 1 is 1.00 bits per heavy atom. The van der Waals surface area contributed by atoms with Crippen LogP contribution in [0.4, 0.5) is 0 Å². The van der Waals surface area contributed by atoms with E-state index >= 15 is 0 Å². The third-order valence-electron chi connectivity index (χ3n) is 0.182. The van der Waals surface area contributed by atoms with Gasteiger partial charge in [-0.1, -0.05) is 5.04 Å². The molecule has 0 spiro atoms. The van der Waals surface area contributed by atoms with Gasteiger partial charge in [0, 0.05) is 0 Å². The van der Waals surface area contributed by atoms with Crippen LogP contribution in [-0.4, -0.2) is 13.3 Å². The maximum atomic E-state index is 7.34. The van der Waals surface area contributed by atoms with E-state index in [1.54, 1.807) is 0 Å². The second kappa shape index (κ2) is 6.78. The number of hydrogen-bond acceptors (Lipinski definition) is 7. The molecule has 0 saturated carbocycles. The first-order valence-electron chi connectivity index (χ1n) is 1.42. The Morgan fingerprint density at radius 3 is 2.12 bits per heavy atom. The van der Waals surface area contributed by atoms with Crippen LogP contribution in [0.25, 0.3) is 0 Å². The molecule has 7 nitrogen and oxygen atoms in total. The Kier molecular flexibility index (Phi) is 6.60. The SMILES string of the molecule is BOOOOOOO. The highest BCUT2D eigenvalue weighted by Gasteiger charge is 1.85. The van der Waals surface area contributed by atoms with Gasteiger partial charge in [-0.3, -0.25) is 4.81 Å². The summed E-state index contributed by atoms with van der Waals surface area (Å²) < 4.78 is 0. The van der Waals surface area contributed by atoms with Crippen molar-refractivity contribution >= 4 is 8.05 Å². The summed E-state index contributed by atoms with van der Waals surface area (Å²) in [4.78, 5) is 3.82. The predicted octanol–water partition coefficient (Wildman–Crippen LogP) is -1.32. The second-order valence-electron chi connectivity index (χ2n) is 0.513. The zero-order valence-corrected chi connectivity index (χ0v) is 3.90. The smallest absolute Gasteiger partial charge is 0.283 e. The third kappa shape index (κ3) is 5.78. The van der Waals surface area contributed by atoms with Crippen LogP contribution < -0.4 is 0 Å². The molecule has 0 unspecified atom stereocenters. The first-order chi connectivity index (χ1) is 3.91. The maximum absolute atomic E-state index is 7.34. The first-order valence-corrected chi connectivity index (χ1v) is 1.42. The van der Waals surface area contributed by atoms with Crippen molar-refractivity contribution in [2.24, 2.45) is 0 Å². The van der Waals surface area contributed by atoms with Crippen molar-refractivity contribution in [3.8, 4) is 0 Å². The van der Waals surface area contributed by atoms with Crippen molar-refractivity contribution in [1.29, 1.82) is 0 Å². The van der Waals surface area contributed by atoms with Crippen LogP contribution in [0.1, 0.15) is 0 Å². The van der Waals surface area contributed by atoms with Gasteiger partial charge in [0.1, 0.15) is 0 Å². The minimum atomic E-state index is 1.17. The molecule has 0 aliphatic rings. The van der Waals surface area contributed by atoms with Gasteiger partial charge in [-0.25, -0.2) is 5.26 Å². The molecule has 8 heavy (non-hydrogen) atoms. The van der Waals surface area contributed by atoms with Gasteiger partial charge in [0.2, 0.25) is 0 Å². The Bertz CT molecular complexity index is 29.4. The fraction of sp³-hybridized carbons (Fsp3) is 0. The highest BCUT2D eigenvalue weighted by Crippen LogP contribution is 1.80. The molecule has 0 saturated heterocycles. The van der Waals surface area contributed by atoms with Crippen LogP contribution >= 0.6 is 0 Å². The lowest BCUT2D eigenvalue weighted by Gasteiger charge is -1.92. The van der Waals surface area contributed by atoms with Crippen LogP contribution in [0.5, 0.6) is 0 Å². The van der Waals surface area contributed by atoms with Gasteiger partial charge >= 0.3 is 8.05 Å². The van der Waals surface area contributed by atoms with Gasteiger partial charge in [-0.15, -0.1) is 0 Å². The summed E-state index contributed by atoms with van der Waals surface area (Å²) in [5.74, 6) is 0. The summed E-state index contributed by atoms with van der Waals surface area (Å²) >= 11 is 0. The summed E-state index contributed by atoms with van der Waals surface area (Å²) in [6, 6.07) is 0. The molecule has 0 heterocycles. The van der Waals surface area contributed by atoms with E-state index in [0.29, 0.717) is 0 Å². The molecule has 0 amide bonds. The minimum Gasteiger partial charge on any atom is -0.283 e. The zero-order chi connectivity index (χ0) is 6.24. The third-order valence-corrected chi connectivity index (χ3v) is 0.182. The minimum absolute atomic E-state index is 1.17. The Hall–Kier alpha value is -0.215. The summed E-state index contributed by atoms with van der Waals surface area (Å²) in [5, 5.41) is 24.0. The van der Waals surface area contributed by atoms with E-state index in [9.17, 15) is 0 Å². The van der Waals surface area contributed by atoms with Gasteiger partial charge in [0.05, 0.1) is 0 Å². The molecule has 0 aromatic carbocycles. The average Bonchev–Trinajstić information content (AvgIpc) is 1.81. The molecule has 0 radical (unpaired) electrons. The molecular weight excluding hydrogens is 123 g/mol. The highest BCUT2D eigenvalue weighted by molar-refractivity contribution is 5.97. The van der Waals surface area contributed by atoms with Crippen molar-refractivity contribution < 1.29 is 35.3 Å². The van der Waals surface area contributed by atoms with Crippen LogP contribution in [0.15, 0.2) is 0 Å². The molecule has 0 aliphatic heterocycles. The summed E-state index contributed by atoms with van der Waals surface area (Å²) in [7, 11) is 1.17. The van der Waals surface area contributed by atoms with Crippen LogP contribution in [0.2, 0.25) is 0 Å². The molecule has 0 rings (SSSR count). The molecule has 0 bridgehead atoms. The number of hydrogen-bond donors (Lipinski definition) is 1. The fourth-order valence-corrected chi connectivity index (χ4v) is 0.0629. The van der Waals surface area contributed by atoms with E-state index in [0.717, 1.165) is 0 Å². The lowest BCUT2D eigenvalue weighted by atomic mass is 10.6. The molecule has 0 atom stereocenters. The van der Waals surface area contributed by atoms with Crippen molar-refractivity contribution in [1.82, 2.24) is 0 Å².